The maximum absolute atomic E-state index is 11.0. The smallest absolute Gasteiger partial charge is 0.314 e. The molecule has 0 aliphatic carbocycles. The molecule has 0 radical (unpaired) electrons. The van der Waals surface area contributed by atoms with Crippen LogP contribution in [0.5, 0.6) is 0 Å². The van der Waals surface area contributed by atoms with Crippen LogP contribution in [0.25, 0.3) is 0 Å². The van der Waals surface area contributed by atoms with Crippen LogP contribution >= 0.6 is 0 Å². The molecule has 0 saturated carbocycles. The Kier molecular flexibility index (Phi) is 6.58. The van der Waals surface area contributed by atoms with Gasteiger partial charge in [0.05, 0.1) is 0 Å². The molecule has 0 aliphatic heterocycles. The van der Waals surface area contributed by atoms with Gasteiger partial charge >= 0.3 is 6.03 Å². The van der Waals surface area contributed by atoms with Crippen molar-refractivity contribution in [2.75, 3.05) is 19.3 Å². The van der Waals surface area contributed by atoms with E-state index in [-0.39, 0.29) is 11.3 Å². The lowest BCUT2D eigenvalue weighted by Gasteiger charge is -2.10. The molecule has 2 N–H and O–H groups in total. The fraction of sp³-hybridized carbons (Fsp3) is 0.875. The molecule has 0 aromatic carbocycles. The highest BCUT2D eigenvalue weighted by Crippen LogP contribution is 1.88. The Labute approximate surface area is 81.9 Å². The number of hydrogen-bond acceptors (Lipinski definition) is 2. The molecule has 78 valence electrons. The van der Waals surface area contributed by atoms with Gasteiger partial charge in [-0.05, 0) is 13.3 Å². The van der Waals surface area contributed by atoms with Gasteiger partial charge in [0.2, 0.25) is 0 Å². The summed E-state index contributed by atoms with van der Waals surface area (Å²) < 4.78 is 10.9. The van der Waals surface area contributed by atoms with Crippen LogP contribution in [-0.4, -0.2) is 34.8 Å². The average Bonchev–Trinajstić information content (AvgIpc) is 2.10. The second-order valence-electron chi connectivity index (χ2n) is 2.95. The summed E-state index contributed by atoms with van der Waals surface area (Å²) in [5, 5.41) is 5.34. The lowest BCUT2D eigenvalue weighted by atomic mass is 10.4. The first kappa shape index (κ1) is 12.4. The standard InChI is InChI=1S/C8H18N2O2S/c1-4-5-9-8(11)10-6-7(2)13(3)12/h7H,4-6H2,1-3H3,(H2,9,10,11). The third kappa shape index (κ3) is 6.57. The number of amides is 2. The zero-order valence-electron chi connectivity index (χ0n) is 8.42. The van der Waals surface area contributed by atoms with Gasteiger partial charge < -0.3 is 10.6 Å². The van der Waals surface area contributed by atoms with Crippen molar-refractivity contribution in [2.24, 2.45) is 0 Å². The van der Waals surface area contributed by atoms with E-state index in [0.29, 0.717) is 13.1 Å². The molecule has 0 aromatic heterocycles. The summed E-state index contributed by atoms with van der Waals surface area (Å²) in [6.45, 7) is 4.97. The van der Waals surface area contributed by atoms with E-state index in [2.05, 4.69) is 10.6 Å². The quantitative estimate of drug-likeness (QED) is 0.686. The van der Waals surface area contributed by atoms with Crippen LogP contribution in [0.15, 0.2) is 0 Å². The summed E-state index contributed by atoms with van der Waals surface area (Å²) in [4.78, 5) is 11.0. The van der Waals surface area contributed by atoms with Crippen molar-refractivity contribution in [1.29, 1.82) is 0 Å². The van der Waals surface area contributed by atoms with Crippen molar-refractivity contribution in [3.63, 3.8) is 0 Å². The van der Waals surface area contributed by atoms with E-state index in [1.54, 1.807) is 6.26 Å². The zero-order valence-corrected chi connectivity index (χ0v) is 9.24. The Balaban J connectivity index is 3.52. The van der Waals surface area contributed by atoms with Crippen LogP contribution in [-0.2, 0) is 10.8 Å². The summed E-state index contributed by atoms with van der Waals surface area (Å²) in [6, 6.07) is -0.181. The molecule has 4 nitrogen and oxygen atoms in total. The highest BCUT2D eigenvalue weighted by molar-refractivity contribution is 7.84. The van der Waals surface area contributed by atoms with E-state index >= 15 is 0 Å². The summed E-state index contributed by atoms with van der Waals surface area (Å²) in [5.41, 5.74) is 0. The van der Waals surface area contributed by atoms with Crippen molar-refractivity contribution >= 4 is 16.8 Å². The minimum absolute atomic E-state index is 0.00683. The maximum Gasteiger partial charge on any atom is 0.314 e. The van der Waals surface area contributed by atoms with E-state index in [4.69, 9.17) is 0 Å². The molecule has 0 spiro atoms. The predicted molar refractivity (Wildman–Crippen MR) is 55.2 cm³/mol. The maximum atomic E-state index is 11.0. The first-order chi connectivity index (χ1) is 6.07. The lowest BCUT2D eigenvalue weighted by Crippen LogP contribution is -2.40. The second kappa shape index (κ2) is 6.88. The lowest BCUT2D eigenvalue weighted by molar-refractivity contribution is 0.241. The number of carbonyl (C=O) groups is 1. The Bertz CT molecular complexity index is 185. The molecule has 13 heavy (non-hydrogen) atoms. The molecule has 2 amide bonds. The number of rotatable bonds is 5. The molecular formula is C8H18N2O2S. The molecule has 2 unspecified atom stereocenters. The molecule has 0 aromatic rings. The first-order valence-corrected chi connectivity index (χ1v) is 6.04. The molecule has 0 fully saturated rings. The molecule has 0 heterocycles. The van der Waals surface area contributed by atoms with Gasteiger partial charge in [-0.1, -0.05) is 6.92 Å². The summed E-state index contributed by atoms with van der Waals surface area (Å²) >= 11 is 0. The van der Waals surface area contributed by atoms with Crippen LogP contribution in [0.4, 0.5) is 4.79 Å². The van der Waals surface area contributed by atoms with Crippen molar-refractivity contribution in [3.8, 4) is 0 Å². The monoisotopic (exact) mass is 206 g/mol. The van der Waals surface area contributed by atoms with E-state index in [0.717, 1.165) is 6.42 Å². The van der Waals surface area contributed by atoms with Gasteiger partial charge in [-0.25, -0.2) is 4.79 Å². The van der Waals surface area contributed by atoms with E-state index in [1.807, 2.05) is 13.8 Å². The number of urea groups is 1. The van der Waals surface area contributed by atoms with E-state index < -0.39 is 10.8 Å². The van der Waals surface area contributed by atoms with Crippen LogP contribution in [0.2, 0.25) is 0 Å². The minimum atomic E-state index is -0.875. The Morgan fingerprint density at radius 3 is 2.54 bits per heavy atom. The van der Waals surface area contributed by atoms with Crippen molar-refractivity contribution in [3.05, 3.63) is 0 Å². The molecule has 0 rings (SSSR count). The molecule has 0 aliphatic rings. The van der Waals surface area contributed by atoms with Crippen molar-refractivity contribution in [1.82, 2.24) is 10.6 Å². The highest BCUT2D eigenvalue weighted by Gasteiger charge is 2.07. The van der Waals surface area contributed by atoms with Gasteiger partial charge in [-0.3, -0.25) is 4.21 Å². The third-order valence-electron chi connectivity index (χ3n) is 1.65. The second-order valence-corrected chi connectivity index (χ2v) is 4.75. The topological polar surface area (TPSA) is 58.2 Å². The van der Waals surface area contributed by atoms with Crippen LogP contribution in [0.3, 0.4) is 0 Å². The normalized spacial score (nSPS) is 14.7. The summed E-state index contributed by atoms with van der Waals surface area (Å²) in [7, 11) is -0.875. The fourth-order valence-corrected chi connectivity index (χ4v) is 0.973. The molecule has 0 bridgehead atoms. The summed E-state index contributed by atoms with van der Waals surface area (Å²) in [6.07, 6.45) is 2.55. The van der Waals surface area contributed by atoms with Gasteiger partial charge in [0.15, 0.2) is 0 Å². The van der Waals surface area contributed by atoms with Crippen LogP contribution in [0.1, 0.15) is 20.3 Å². The van der Waals surface area contributed by atoms with Crippen molar-refractivity contribution < 1.29 is 9.00 Å². The largest absolute Gasteiger partial charge is 0.338 e. The predicted octanol–water partition coefficient (Wildman–Crippen LogP) is 0.463. The van der Waals surface area contributed by atoms with Crippen LogP contribution < -0.4 is 10.6 Å². The van der Waals surface area contributed by atoms with Gasteiger partial charge in [0.1, 0.15) is 0 Å². The average molecular weight is 206 g/mol. The number of carbonyl (C=O) groups excluding carboxylic acids is 1. The van der Waals surface area contributed by atoms with E-state index in [1.165, 1.54) is 0 Å². The summed E-state index contributed by atoms with van der Waals surface area (Å²) in [5.74, 6) is 0. The number of nitrogens with one attached hydrogen (secondary N) is 2. The van der Waals surface area contributed by atoms with Gasteiger partial charge in [-0.2, -0.15) is 0 Å². The van der Waals surface area contributed by atoms with Gasteiger partial charge in [0.25, 0.3) is 0 Å². The van der Waals surface area contributed by atoms with Gasteiger partial charge in [-0.15, -0.1) is 0 Å². The molecule has 5 heteroatoms. The first-order valence-electron chi connectivity index (χ1n) is 4.41. The minimum Gasteiger partial charge on any atom is -0.338 e. The SMILES string of the molecule is CCCNC(=O)NCC(C)S(C)=O. The Hall–Kier alpha value is -0.580. The Morgan fingerprint density at radius 2 is 2.08 bits per heavy atom. The molecule has 0 saturated heterocycles. The molecular weight excluding hydrogens is 188 g/mol. The fourth-order valence-electron chi connectivity index (χ4n) is 0.655. The van der Waals surface area contributed by atoms with Crippen LogP contribution in [0, 0.1) is 0 Å². The number of hydrogen-bond donors (Lipinski definition) is 2. The highest BCUT2D eigenvalue weighted by atomic mass is 32.2. The van der Waals surface area contributed by atoms with Crippen molar-refractivity contribution in [2.45, 2.75) is 25.5 Å². The van der Waals surface area contributed by atoms with E-state index in [9.17, 15) is 9.00 Å². The Morgan fingerprint density at radius 1 is 1.46 bits per heavy atom. The molecule has 2 atom stereocenters. The van der Waals surface area contributed by atoms with Gasteiger partial charge in [0, 0.05) is 35.4 Å². The third-order valence-corrected chi connectivity index (χ3v) is 2.95. The zero-order chi connectivity index (χ0) is 10.3.